The van der Waals surface area contributed by atoms with Gasteiger partial charge in [0.05, 0.1) is 6.61 Å². The van der Waals surface area contributed by atoms with Crippen LogP contribution in [0.4, 0.5) is 5.69 Å². The van der Waals surface area contributed by atoms with Crippen LogP contribution in [-0.2, 0) is 4.79 Å². The second kappa shape index (κ2) is 13.6. The predicted octanol–water partition coefficient (Wildman–Crippen LogP) is 2.54. The Kier molecular flexibility index (Phi) is 14.4. The molecule has 1 rings (SSSR count). The number of nitrogens with two attached hydrogens (primary N) is 1. The highest BCUT2D eigenvalue weighted by atomic mass is 35.5. The molecule has 22 heavy (non-hydrogen) atoms. The fourth-order valence-corrected chi connectivity index (χ4v) is 1.72. The summed E-state index contributed by atoms with van der Waals surface area (Å²) in [6.07, 6.45) is 2.12. The van der Waals surface area contributed by atoms with E-state index in [9.17, 15) is 4.79 Å². The van der Waals surface area contributed by atoms with Crippen LogP contribution in [0.25, 0.3) is 0 Å². The number of hydrogen-bond donors (Lipinski definition) is 2. The molecule has 0 heterocycles. The lowest BCUT2D eigenvalue weighted by Crippen LogP contribution is -2.15. The summed E-state index contributed by atoms with van der Waals surface area (Å²) in [5.41, 5.74) is 6.14. The summed E-state index contributed by atoms with van der Waals surface area (Å²) < 4.78 is 5.66. The molecule has 5 nitrogen and oxygen atoms in total. The van der Waals surface area contributed by atoms with Crippen molar-refractivity contribution in [1.82, 2.24) is 4.90 Å². The molecule has 0 aromatic heterocycles. The number of anilines is 1. The van der Waals surface area contributed by atoms with E-state index in [4.69, 9.17) is 10.5 Å². The number of halogens is 2. The summed E-state index contributed by atoms with van der Waals surface area (Å²) in [5.74, 6) is 0.764. The predicted molar refractivity (Wildman–Crippen MR) is 96.5 cm³/mol. The quantitative estimate of drug-likeness (QED) is 0.671. The Bertz CT molecular complexity index is 418. The van der Waals surface area contributed by atoms with Gasteiger partial charge in [-0.2, -0.15) is 0 Å². The number of hydrogen-bond acceptors (Lipinski definition) is 4. The van der Waals surface area contributed by atoms with Gasteiger partial charge in [-0.05, 0) is 45.6 Å². The molecule has 0 saturated heterocycles. The molecule has 0 aliphatic carbocycles. The van der Waals surface area contributed by atoms with Crippen LogP contribution in [-0.4, -0.2) is 44.6 Å². The van der Waals surface area contributed by atoms with E-state index in [1.165, 1.54) is 0 Å². The van der Waals surface area contributed by atoms with Gasteiger partial charge in [0.15, 0.2) is 0 Å². The van der Waals surface area contributed by atoms with Crippen LogP contribution in [0.2, 0.25) is 0 Å². The summed E-state index contributed by atoms with van der Waals surface area (Å²) in [4.78, 5) is 13.7. The van der Waals surface area contributed by atoms with Crippen molar-refractivity contribution in [1.29, 1.82) is 0 Å². The van der Waals surface area contributed by atoms with Crippen molar-refractivity contribution in [2.45, 2.75) is 19.3 Å². The summed E-state index contributed by atoms with van der Waals surface area (Å²) in [6, 6.07) is 7.47. The van der Waals surface area contributed by atoms with Gasteiger partial charge in [-0.25, -0.2) is 0 Å². The molecule has 0 aliphatic heterocycles. The van der Waals surface area contributed by atoms with Gasteiger partial charge >= 0.3 is 0 Å². The van der Waals surface area contributed by atoms with Crippen LogP contribution in [0, 0.1) is 0 Å². The monoisotopic (exact) mass is 351 g/mol. The van der Waals surface area contributed by atoms with E-state index in [1.807, 2.05) is 38.4 Å². The molecule has 7 heteroatoms. The lowest BCUT2D eigenvalue weighted by molar-refractivity contribution is -0.116. The largest absolute Gasteiger partial charge is 0.493 e. The highest BCUT2D eigenvalue weighted by molar-refractivity contribution is 5.90. The topological polar surface area (TPSA) is 67.6 Å². The number of nitrogens with zero attached hydrogens (tertiary/aromatic N) is 1. The van der Waals surface area contributed by atoms with E-state index in [0.717, 1.165) is 24.4 Å². The molecule has 0 fully saturated rings. The summed E-state index contributed by atoms with van der Waals surface area (Å²) in [7, 11) is 4.08. The summed E-state index contributed by atoms with van der Waals surface area (Å²) in [5, 5.41) is 2.84. The summed E-state index contributed by atoms with van der Waals surface area (Å²) >= 11 is 0. The SMILES string of the molecule is CN(C)CCCOc1cccc(NC(=O)CCCN)c1.Cl.Cl. The first-order valence-electron chi connectivity index (χ1n) is 6.99. The highest BCUT2D eigenvalue weighted by Crippen LogP contribution is 2.17. The van der Waals surface area contributed by atoms with E-state index in [1.54, 1.807) is 0 Å². The van der Waals surface area contributed by atoms with Gasteiger partial charge in [0.25, 0.3) is 0 Å². The maximum atomic E-state index is 11.6. The van der Waals surface area contributed by atoms with Crippen molar-refractivity contribution in [3.63, 3.8) is 0 Å². The molecule has 0 radical (unpaired) electrons. The van der Waals surface area contributed by atoms with Crippen molar-refractivity contribution < 1.29 is 9.53 Å². The molecule has 128 valence electrons. The molecule has 0 spiro atoms. The van der Waals surface area contributed by atoms with Crippen molar-refractivity contribution in [3.8, 4) is 5.75 Å². The Morgan fingerprint density at radius 3 is 2.64 bits per heavy atom. The Hall–Kier alpha value is -1.01. The Balaban J connectivity index is 0. The first-order chi connectivity index (χ1) is 9.61. The fourth-order valence-electron chi connectivity index (χ4n) is 1.72. The van der Waals surface area contributed by atoms with E-state index in [2.05, 4.69) is 10.2 Å². The maximum absolute atomic E-state index is 11.6. The van der Waals surface area contributed by atoms with Crippen LogP contribution in [0.5, 0.6) is 5.75 Å². The van der Waals surface area contributed by atoms with Gasteiger partial charge < -0.3 is 20.7 Å². The van der Waals surface area contributed by atoms with Gasteiger partial charge in [0.2, 0.25) is 5.91 Å². The molecule has 0 aliphatic rings. The van der Waals surface area contributed by atoms with E-state index >= 15 is 0 Å². The molecule has 3 N–H and O–H groups in total. The van der Waals surface area contributed by atoms with Gasteiger partial charge in [0.1, 0.15) is 5.75 Å². The molecule has 0 atom stereocenters. The first-order valence-corrected chi connectivity index (χ1v) is 6.99. The Morgan fingerprint density at radius 1 is 1.27 bits per heavy atom. The van der Waals surface area contributed by atoms with E-state index < -0.39 is 0 Å². The van der Waals surface area contributed by atoms with Crippen LogP contribution >= 0.6 is 24.8 Å². The van der Waals surface area contributed by atoms with Gasteiger partial charge in [-0.15, -0.1) is 24.8 Å². The highest BCUT2D eigenvalue weighted by Gasteiger charge is 2.03. The Morgan fingerprint density at radius 2 is 2.00 bits per heavy atom. The second-order valence-corrected chi connectivity index (χ2v) is 4.97. The molecule has 0 bridgehead atoms. The molecule has 1 amide bonds. The van der Waals surface area contributed by atoms with Crippen LogP contribution in [0.1, 0.15) is 19.3 Å². The Labute approximate surface area is 145 Å². The van der Waals surface area contributed by atoms with Crippen molar-refractivity contribution in [2.24, 2.45) is 5.73 Å². The number of carbonyl (C=O) groups is 1. The van der Waals surface area contributed by atoms with Crippen molar-refractivity contribution in [2.75, 3.05) is 39.1 Å². The molecule has 0 unspecified atom stereocenters. The average Bonchev–Trinajstić information content (AvgIpc) is 2.41. The number of rotatable bonds is 9. The average molecular weight is 352 g/mol. The molecular weight excluding hydrogens is 325 g/mol. The zero-order chi connectivity index (χ0) is 14.8. The van der Waals surface area contributed by atoms with Crippen molar-refractivity contribution >= 4 is 36.4 Å². The van der Waals surface area contributed by atoms with Crippen LogP contribution in [0.3, 0.4) is 0 Å². The minimum absolute atomic E-state index is 0. The number of nitrogens with one attached hydrogen (secondary N) is 1. The number of amides is 1. The van der Waals surface area contributed by atoms with Gasteiger partial charge in [-0.1, -0.05) is 6.07 Å². The van der Waals surface area contributed by atoms with Gasteiger partial charge in [0, 0.05) is 24.7 Å². The zero-order valence-corrected chi connectivity index (χ0v) is 14.8. The number of ether oxygens (including phenoxy) is 1. The lowest BCUT2D eigenvalue weighted by Gasteiger charge is -2.11. The third kappa shape index (κ3) is 10.7. The standard InChI is InChI=1S/C15H25N3O2.2ClH/c1-18(2)10-5-11-20-14-7-3-6-13(12-14)17-15(19)8-4-9-16;;/h3,6-7,12H,4-5,8-11,16H2,1-2H3,(H,17,19);2*1H. The molecular formula is C15H27Cl2N3O2. The lowest BCUT2D eigenvalue weighted by atomic mass is 10.2. The smallest absolute Gasteiger partial charge is 0.224 e. The van der Waals surface area contributed by atoms with Gasteiger partial charge in [-0.3, -0.25) is 4.79 Å². The number of benzene rings is 1. The third-order valence-electron chi connectivity index (χ3n) is 2.74. The minimum atomic E-state index is -0.0137. The minimum Gasteiger partial charge on any atom is -0.493 e. The molecule has 1 aromatic carbocycles. The fraction of sp³-hybridized carbons (Fsp3) is 0.533. The normalized spacial score (nSPS) is 9.64. The van der Waals surface area contributed by atoms with Crippen LogP contribution < -0.4 is 15.8 Å². The molecule has 0 saturated carbocycles. The van der Waals surface area contributed by atoms with Crippen LogP contribution in [0.15, 0.2) is 24.3 Å². The van der Waals surface area contributed by atoms with E-state index in [0.29, 0.717) is 26.0 Å². The zero-order valence-electron chi connectivity index (χ0n) is 13.2. The first kappa shape index (κ1) is 23.3. The maximum Gasteiger partial charge on any atom is 0.224 e. The number of carbonyl (C=O) groups excluding carboxylic acids is 1. The third-order valence-corrected chi connectivity index (χ3v) is 2.74. The molecule has 1 aromatic rings. The second-order valence-electron chi connectivity index (χ2n) is 4.97. The van der Waals surface area contributed by atoms with Crippen molar-refractivity contribution in [3.05, 3.63) is 24.3 Å². The van der Waals surface area contributed by atoms with E-state index in [-0.39, 0.29) is 30.7 Å². The summed E-state index contributed by atoms with van der Waals surface area (Å²) in [6.45, 7) is 2.20.